The predicted octanol–water partition coefficient (Wildman–Crippen LogP) is 2.86. The van der Waals surface area contributed by atoms with Crippen molar-refractivity contribution in [2.75, 3.05) is 19.0 Å². The molecule has 6 heteroatoms. The summed E-state index contributed by atoms with van der Waals surface area (Å²) in [5, 5.41) is 0. The standard InChI is InChI=1S/C13H18F2O3S/c1-3-17-13(18-4-2)7-8-19(16)12-6-5-10(14)9-11(12)15/h5-6,9,13H,3-4,7-8H2,1-2H3. The van der Waals surface area contributed by atoms with Gasteiger partial charge >= 0.3 is 0 Å². The Morgan fingerprint density at radius 1 is 1.21 bits per heavy atom. The number of ether oxygens (including phenoxy) is 2. The molecule has 1 aromatic rings. The van der Waals surface area contributed by atoms with Crippen LogP contribution in [0.1, 0.15) is 20.3 Å². The lowest BCUT2D eigenvalue weighted by Gasteiger charge is -2.16. The van der Waals surface area contributed by atoms with Gasteiger partial charge in [-0.15, -0.1) is 0 Å². The van der Waals surface area contributed by atoms with Crippen molar-refractivity contribution >= 4 is 10.8 Å². The molecular weight excluding hydrogens is 274 g/mol. The number of hydrogen-bond acceptors (Lipinski definition) is 3. The third kappa shape index (κ3) is 5.34. The Kier molecular flexibility index (Phi) is 7.12. The Hall–Kier alpha value is -0.850. The van der Waals surface area contributed by atoms with E-state index in [4.69, 9.17) is 9.47 Å². The molecule has 108 valence electrons. The summed E-state index contributed by atoms with van der Waals surface area (Å²) in [4.78, 5) is 0.00754. The van der Waals surface area contributed by atoms with Crippen LogP contribution in [-0.4, -0.2) is 29.5 Å². The van der Waals surface area contributed by atoms with E-state index in [9.17, 15) is 13.0 Å². The second kappa shape index (κ2) is 8.35. The van der Waals surface area contributed by atoms with E-state index < -0.39 is 28.7 Å². The maximum absolute atomic E-state index is 13.4. The topological polar surface area (TPSA) is 35.5 Å². The van der Waals surface area contributed by atoms with Crippen LogP contribution in [0.5, 0.6) is 0 Å². The summed E-state index contributed by atoms with van der Waals surface area (Å²) in [6, 6.07) is 3.03. The van der Waals surface area contributed by atoms with E-state index in [1.807, 2.05) is 13.8 Å². The highest BCUT2D eigenvalue weighted by molar-refractivity contribution is 7.85. The van der Waals surface area contributed by atoms with Gasteiger partial charge in [0.25, 0.3) is 0 Å². The van der Waals surface area contributed by atoms with Gasteiger partial charge in [-0.05, 0) is 26.0 Å². The summed E-state index contributed by atoms with van der Waals surface area (Å²) >= 11 is 0. The first-order valence-electron chi connectivity index (χ1n) is 6.15. The molecule has 0 fully saturated rings. The molecule has 3 nitrogen and oxygen atoms in total. The summed E-state index contributed by atoms with van der Waals surface area (Å²) in [5.74, 6) is -1.27. The van der Waals surface area contributed by atoms with Gasteiger partial charge < -0.3 is 9.47 Å². The second-order valence-corrected chi connectivity index (χ2v) is 5.29. The predicted molar refractivity (Wildman–Crippen MR) is 69.3 cm³/mol. The molecule has 0 aliphatic carbocycles. The van der Waals surface area contributed by atoms with E-state index in [1.54, 1.807) is 0 Å². The van der Waals surface area contributed by atoms with Crippen molar-refractivity contribution in [3.8, 4) is 0 Å². The van der Waals surface area contributed by atoms with Gasteiger partial charge in [-0.2, -0.15) is 0 Å². The summed E-state index contributed by atoms with van der Waals surface area (Å²) in [6.45, 7) is 4.65. The Morgan fingerprint density at radius 2 is 1.84 bits per heavy atom. The van der Waals surface area contributed by atoms with E-state index in [-0.39, 0.29) is 10.6 Å². The molecule has 0 spiro atoms. The van der Waals surface area contributed by atoms with Gasteiger partial charge in [0.1, 0.15) is 11.6 Å². The average Bonchev–Trinajstić information content (AvgIpc) is 2.36. The van der Waals surface area contributed by atoms with Gasteiger partial charge in [0.2, 0.25) is 0 Å². The molecule has 0 aromatic heterocycles. The zero-order valence-electron chi connectivity index (χ0n) is 11.0. The van der Waals surface area contributed by atoms with Crippen molar-refractivity contribution < 1.29 is 22.5 Å². The SMILES string of the molecule is CCOC(CCS(=O)c1ccc(F)cc1F)OCC. The monoisotopic (exact) mass is 292 g/mol. The van der Waals surface area contributed by atoms with Crippen molar-refractivity contribution in [1.29, 1.82) is 0 Å². The quantitative estimate of drug-likeness (QED) is 0.691. The summed E-state index contributed by atoms with van der Waals surface area (Å²) in [6.07, 6.45) is -0.0482. The first kappa shape index (κ1) is 16.2. The minimum absolute atomic E-state index is 0.00754. The van der Waals surface area contributed by atoms with E-state index in [0.29, 0.717) is 19.6 Å². The number of rotatable bonds is 8. The zero-order valence-corrected chi connectivity index (χ0v) is 11.8. The smallest absolute Gasteiger partial charge is 0.158 e. The van der Waals surface area contributed by atoms with Crippen LogP contribution in [0, 0.1) is 11.6 Å². The summed E-state index contributed by atoms with van der Waals surface area (Å²) in [5.41, 5.74) is 0. The van der Waals surface area contributed by atoms with Crippen molar-refractivity contribution in [3.63, 3.8) is 0 Å². The maximum Gasteiger partial charge on any atom is 0.158 e. The second-order valence-electron chi connectivity index (χ2n) is 3.75. The van der Waals surface area contributed by atoms with Crippen LogP contribution < -0.4 is 0 Å². The van der Waals surface area contributed by atoms with Crippen LogP contribution in [0.2, 0.25) is 0 Å². The van der Waals surface area contributed by atoms with E-state index in [2.05, 4.69) is 0 Å². The first-order chi connectivity index (χ1) is 9.08. The highest BCUT2D eigenvalue weighted by Gasteiger charge is 2.14. The van der Waals surface area contributed by atoms with Crippen LogP contribution >= 0.6 is 0 Å². The summed E-state index contributed by atoms with van der Waals surface area (Å²) in [7, 11) is -1.53. The number of benzene rings is 1. The largest absolute Gasteiger partial charge is 0.353 e. The highest BCUT2D eigenvalue weighted by atomic mass is 32.2. The normalized spacial score (nSPS) is 12.9. The molecule has 0 heterocycles. The molecule has 0 N–H and O–H groups in total. The lowest BCUT2D eigenvalue weighted by Crippen LogP contribution is -2.20. The first-order valence-corrected chi connectivity index (χ1v) is 7.47. The fraction of sp³-hybridized carbons (Fsp3) is 0.538. The minimum atomic E-state index is -1.53. The maximum atomic E-state index is 13.4. The number of hydrogen-bond donors (Lipinski definition) is 0. The van der Waals surface area contributed by atoms with Gasteiger partial charge in [0.15, 0.2) is 6.29 Å². The number of halogens is 2. The third-order valence-corrected chi connectivity index (χ3v) is 3.81. The van der Waals surface area contributed by atoms with Gasteiger partial charge in [0, 0.05) is 31.5 Å². The van der Waals surface area contributed by atoms with Crippen molar-refractivity contribution in [3.05, 3.63) is 29.8 Å². The molecule has 0 aliphatic rings. The molecule has 0 aliphatic heterocycles. The van der Waals surface area contributed by atoms with Gasteiger partial charge in [-0.3, -0.25) is 4.21 Å². The van der Waals surface area contributed by atoms with E-state index in [1.165, 1.54) is 6.07 Å². The van der Waals surface area contributed by atoms with Crippen molar-refractivity contribution in [1.82, 2.24) is 0 Å². The molecule has 0 saturated carbocycles. The third-order valence-electron chi connectivity index (χ3n) is 2.38. The highest BCUT2D eigenvalue weighted by Crippen LogP contribution is 2.15. The molecule has 0 radical (unpaired) electrons. The lowest BCUT2D eigenvalue weighted by atomic mass is 10.3. The lowest BCUT2D eigenvalue weighted by molar-refractivity contribution is -0.136. The van der Waals surface area contributed by atoms with E-state index in [0.717, 1.165) is 12.1 Å². The fourth-order valence-corrected chi connectivity index (χ4v) is 2.68. The minimum Gasteiger partial charge on any atom is -0.353 e. The zero-order chi connectivity index (χ0) is 14.3. The summed E-state index contributed by atoms with van der Waals surface area (Å²) < 4.78 is 48.7. The van der Waals surface area contributed by atoms with Gasteiger partial charge in [-0.1, -0.05) is 0 Å². The van der Waals surface area contributed by atoms with Crippen LogP contribution in [0.25, 0.3) is 0 Å². The Balaban J connectivity index is 2.58. The van der Waals surface area contributed by atoms with Crippen LogP contribution in [0.15, 0.2) is 23.1 Å². The Labute approximate surface area is 114 Å². The Bertz CT molecular complexity index is 420. The molecule has 0 amide bonds. The van der Waals surface area contributed by atoms with Gasteiger partial charge in [-0.25, -0.2) is 8.78 Å². The molecule has 1 rings (SSSR count). The average molecular weight is 292 g/mol. The van der Waals surface area contributed by atoms with E-state index >= 15 is 0 Å². The van der Waals surface area contributed by atoms with Crippen molar-refractivity contribution in [2.45, 2.75) is 31.5 Å². The van der Waals surface area contributed by atoms with Crippen LogP contribution in [0.3, 0.4) is 0 Å². The van der Waals surface area contributed by atoms with Crippen LogP contribution in [-0.2, 0) is 20.3 Å². The Morgan fingerprint density at radius 3 is 2.37 bits per heavy atom. The fourth-order valence-electron chi connectivity index (χ4n) is 1.56. The molecule has 0 saturated heterocycles. The molecular formula is C13H18F2O3S. The van der Waals surface area contributed by atoms with Gasteiger partial charge in [0.05, 0.1) is 15.7 Å². The van der Waals surface area contributed by atoms with Crippen LogP contribution in [0.4, 0.5) is 8.78 Å². The molecule has 1 atom stereocenters. The molecule has 1 unspecified atom stereocenters. The van der Waals surface area contributed by atoms with Crippen molar-refractivity contribution in [2.24, 2.45) is 0 Å². The molecule has 0 bridgehead atoms. The molecule has 1 aromatic carbocycles. The molecule has 19 heavy (non-hydrogen) atoms.